The molecule has 0 saturated heterocycles. The van der Waals surface area contributed by atoms with Crippen LogP contribution in [0.1, 0.15) is 17.4 Å². The molecule has 0 aliphatic heterocycles. The Balaban J connectivity index is 1.66. The molecule has 3 rings (SSSR count). The summed E-state index contributed by atoms with van der Waals surface area (Å²) in [5.41, 5.74) is 1.78. The number of aliphatic hydroxyl groups is 1. The molecule has 134 valence electrons. The maximum atomic E-state index is 12.4. The molecule has 2 heterocycles. The Morgan fingerprint density at radius 3 is 2.65 bits per heavy atom. The molecular weight excluding hydrogens is 334 g/mol. The van der Waals surface area contributed by atoms with Gasteiger partial charge in [0.1, 0.15) is 11.4 Å². The highest BCUT2D eigenvalue weighted by molar-refractivity contribution is 5.81. The second kappa shape index (κ2) is 7.79. The predicted molar refractivity (Wildman–Crippen MR) is 94.2 cm³/mol. The summed E-state index contributed by atoms with van der Waals surface area (Å²) < 4.78 is 10.3. The van der Waals surface area contributed by atoms with Gasteiger partial charge >= 0.3 is 0 Å². The first-order valence-corrected chi connectivity index (χ1v) is 8.02. The van der Waals surface area contributed by atoms with E-state index in [4.69, 9.17) is 9.26 Å². The normalized spacial score (nSPS) is 11.8. The van der Waals surface area contributed by atoms with Gasteiger partial charge in [0, 0.05) is 19.3 Å². The minimum Gasteiger partial charge on any atom is -0.497 e. The quantitative estimate of drug-likeness (QED) is 0.732. The minimum atomic E-state index is -1.26. The maximum Gasteiger partial charge on any atom is 0.256 e. The van der Waals surface area contributed by atoms with Crippen molar-refractivity contribution in [1.82, 2.24) is 15.0 Å². The average Bonchev–Trinajstić information content (AvgIpc) is 3.16. The van der Waals surface area contributed by atoms with Crippen molar-refractivity contribution in [3.63, 3.8) is 0 Å². The van der Waals surface area contributed by atoms with Crippen LogP contribution in [0.25, 0.3) is 11.4 Å². The number of hydrogen-bond acceptors (Lipinski definition) is 6. The van der Waals surface area contributed by atoms with E-state index in [0.29, 0.717) is 28.5 Å². The predicted octanol–water partition coefficient (Wildman–Crippen LogP) is 2.44. The molecule has 1 N–H and O–H groups in total. The van der Waals surface area contributed by atoms with Crippen LogP contribution in [0.15, 0.2) is 59.3 Å². The number of carbonyl (C=O) groups is 1. The van der Waals surface area contributed by atoms with Crippen LogP contribution in [-0.4, -0.2) is 40.2 Å². The van der Waals surface area contributed by atoms with Gasteiger partial charge < -0.3 is 19.3 Å². The summed E-state index contributed by atoms with van der Waals surface area (Å²) in [6, 6.07) is 13.9. The molecule has 7 heteroatoms. The van der Waals surface area contributed by atoms with Crippen LogP contribution in [0.2, 0.25) is 0 Å². The summed E-state index contributed by atoms with van der Waals surface area (Å²) >= 11 is 0. The number of methoxy groups -OCH3 is 1. The van der Waals surface area contributed by atoms with Gasteiger partial charge in [0.05, 0.1) is 19.3 Å². The number of aromatic nitrogens is 2. The van der Waals surface area contributed by atoms with Crippen molar-refractivity contribution in [2.24, 2.45) is 0 Å². The Bertz CT molecular complexity index is 862. The van der Waals surface area contributed by atoms with E-state index in [-0.39, 0.29) is 6.54 Å². The monoisotopic (exact) mass is 353 g/mol. The Kier molecular flexibility index (Phi) is 5.28. The van der Waals surface area contributed by atoms with E-state index in [2.05, 4.69) is 10.1 Å². The number of benzene rings is 1. The van der Waals surface area contributed by atoms with Crippen LogP contribution in [0.3, 0.4) is 0 Å². The number of pyridine rings is 1. The number of aliphatic hydroxyl groups excluding tert-OH is 1. The summed E-state index contributed by atoms with van der Waals surface area (Å²) in [7, 11) is 3.15. The topological polar surface area (TPSA) is 88.7 Å². The van der Waals surface area contributed by atoms with Crippen molar-refractivity contribution in [2.45, 2.75) is 12.6 Å². The molecule has 0 aliphatic carbocycles. The van der Waals surface area contributed by atoms with Crippen LogP contribution >= 0.6 is 0 Å². The second-order valence-electron chi connectivity index (χ2n) is 5.76. The van der Waals surface area contributed by atoms with Gasteiger partial charge in [-0.2, -0.15) is 0 Å². The molecule has 26 heavy (non-hydrogen) atoms. The molecule has 2 aromatic heterocycles. The number of hydrogen-bond donors (Lipinski definition) is 1. The largest absolute Gasteiger partial charge is 0.497 e. The fraction of sp³-hybridized carbons (Fsp3) is 0.211. The lowest BCUT2D eigenvalue weighted by atomic mass is 10.1. The van der Waals surface area contributed by atoms with E-state index in [1.165, 1.54) is 4.90 Å². The minimum absolute atomic E-state index is 0.186. The van der Waals surface area contributed by atoms with E-state index >= 15 is 0 Å². The van der Waals surface area contributed by atoms with E-state index in [0.717, 1.165) is 0 Å². The summed E-state index contributed by atoms with van der Waals surface area (Å²) in [5, 5.41) is 14.3. The van der Waals surface area contributed by atoms with E-state index in [9.17, 15) is 9.90 Å². The Morgan fingerprint density at radius 2 is 2.00 bits per heavy atom. The highest BCUT2D eigenvalue weighted by Gasteiger charge is 2.22. The van der Waals surface area contributed by atoms with Crippen molar-refractivity contribution >= 4 is 5.91 Å². The zero-order valence-electron chi connectivity index (χ0n) is 14.5. The molecule has 0 spiro atoms. The second-order valence-corrected chi connectivity index (χ2v) is 5.76. The number of ether oxygens (including phenoxy) is 1. The Labute approximate surface area is 150 Å². The lowest BCUT2D eigenvalue weighted by Gasteiger charge is -2.19. The van der Waals surface area contributed by atoms with Crippen LogP contribution in [0.4, 0.5) is 0 Å². The number of carbonyl (C=O) groups excluding carboxylic acids is 1. The first-order chi connectivity index (χ1) is 12.6. The van der Waals surface area contributed by atoms with Crippen molar-refractivity contribution < 1.29 is 19.2 Å². The van der Waals surface area contributed by atoms with E-state index in [1.807, 2.05) is 18.2 Å². The van der Waals surface area contributed by atoms with Gasteiger partial charge in [-0.1, -0.05) is 23.4 Å². The maximum absolute atomic E-state index is 12.4. The Hall–Kier alpha value is -3.19. The molecule has 1 amide bonds. The lowest BCUT2D eigenvalue weighted by molar-refractivity contribution is -0.140. The molecule has 1 atom stereocenters. The molecule has 0 saturated carbocycles. The summed E-state index contributed by atoms with van der Waals surface area (Å²) in [6.45, 7) is 0.186. The average molecular weight is 353 g/mol. The van der Waals surface area contributed by atoms with Gasteiger partial charge in [-0.15, -0.1) is 0 Å². The van der Waals surface area contributed by atoms with Crippen LogP contribution in [0.5, 0.6) is 5.75 Å². The molecule has 1 aromatic carbocycles. The van der Waals surface area contributed by atoms with Gasteiger partial charge in [-0.3, -0.25) is 9.78 Å². The highest BCUT2D eigenvalue weighted by atomic mass is 16.5. The van der Waals surface area contributed by atoms with Crippen LogP contribution < -0.4 is 4.74 Å². The zero-order chi connectivity index (χ0) is 18.5. The van der Waals surface area contributed by atoms with Gasteiger partial charge in [-0.25, -0.2) is 0 Å². The molecular formula is C19H19N3O4. The van der Waals surface area contributed by atoms with Crippen molar-refractivity contribution in [2.75, 3.05) is 14.2 Å². The smallest absolute Gasteiger partial charge is 0.256 e. The molecule has 1 unspecified atom stereocenters. The number of rotatable bonds is 6. The third kappa shape index (κ3) is 3.89. The standard InChI is InChI=1S/C19H19N3O4/c1-22(19(24)18(23)13-6-8-14(25-2)9-7-13)12-15-11-17(21-26-15)16-5-3-4-10-20-16/h3-11,18,23H,12H2,1-2H3. The number of amides is 1. The van der Waals surface area contributed by atoms with E-state index < -0.39 is 12.0 Å². The zero-order valence-corrected chi connectivity index (χ0v) is 14.5. The number of likely N-dealkylation sites (N-methyl/N-ethyl adjacent to an activating group) is 1. The van der Waals surface area contributed by atoms with Gasteiger partial charge in [-0.05, 0) is 29.8 Å². The van der Waals surface area contributed by atoms with Gasteiger partial charge in [0.25, 0.3) is 5.91 Å². The molecule has 0 fully saturated rings. The summed E-state index contributed by atoms with van der Waals surface area (Å²) in [5.74, 6) is 0.722. The molecule has 7 nitrogen and oxygen atoms in total. The van der Waals surface area contributed by atoms with Crippen molar-refractivity contribution in [1.29, 1.82) is 0 Å². The SMILES string of the molecule is COc1ccc(C(O)C(=O)N(C)Cc2cc(-c3ccccn3)no2)cc1. The Morgan fingerprint density at radius 1 is 1.23 bits per heavy atom. The van der Waals surface area contributed by atoms with Gasteiger partial charge in [0.15, 0.2) is 11.9 Å². The summed E-state index contributed by atoms with van der Waals surface area (Å²) in [4.78, 5) is 18.0. The molecule has 0 bridgehead atoms. The first-order valence-electron chi connectivity index (χ1n) is 8.02. The summed E-state index contributed by atoms with van der Waals surface area (Å²) in [6.07, 6.45) is 0.411. The fourth-order valence-corrected chi connectivity index (χ4v) is 2.47. The third-order valence-electron chi connectivity index (χ3n) is 3.92. The van der Waals surface area contributed by atoms with E-state index in [1.54, 1.807) is 50.7 Å². The van der Waals surface area contributed by atoms with Crippen LogP contribution in [-0.2, 0) is 11.3 Å². The van der Waals surface area contributed by atoms with Gasteiger partial charge in [0.2, 0.25) is 0 Å². The highest BCUT2D eigenvalue weighted by Crippen LogP contribution is 2.21. The first kappa shape index (κ1) is 17.6. The van der Waals surface area contributed by atoms with Crippen molar-refractivity contribution in [3.05, 3.63) is 66.1 Å². The molecule has 0 radical (unpaired) electrons. The van der Waals surface area contributed by atoms with Crippen molar-refractivity contribution in [3.8, 4) is 17.1 Å². The number of nitrogens with zero attached hydrogens (tertiary/aromatic N) is 3. The lowest BCUT2D eigenvalue weighted by Crippen LogP contribution is -2.31. The fourth-order valence-electron chi connectivity index (χ4n) is 2.47. The third-order valence-corrected chi connectivity index (χ3v) is 3.92. The molecule has 3 aromatic rings. The molecule has 0 aliphatic rings. The van der Waals surface area contributed by atoms with Crippen LogP contribution in [0, 0.1) is 0 Å².